The van der Waals surface area contributed by atoms with Crippen LogP contribution in [0, 0.1) is 0 Å². The largest absolute Gasteiger partial charge is 0.481 e. The Kier molecular flexibility index (Phi) is 4.78. The summed E-state index contributed by atoms with van der Waals surface area (Å²) in [6.45, 7) is 0.252. The molecule has 0 spiro atoms. The highest BCUT2D eigenvalue weighted by Crippen LogP contribution is 2.22. The first-order valence-corrected chi connectivity index (χ1v) is 5.55. The number of hydrogen-bond acceptors (Lipinski definition) is 2. The Labute approximate surface area is 109 Å². The molecule has 1 aromatic rings. The molecule has 0 bridgehead atoms. The Morgan fingerprint density at radius 3 is 2.53 bits per heavy atom. The van der Waals surface area contributed by atoms with Gasteiger partial charge in [-0.1, -0.05) is 29.3 Å². The summed E-state index contributed by atoms with van der Waals surface area (Å²) in [4.78, 5) is 23.1. The van der Waals surface area contributed by atoms with Crippen molar-refractivity contribution in [1.82, 2.24) is 4.90 Å². The van der Waals surface area contributed by atoms with Crippen LogP contribution in [0.15, 0.2) is 18.2 Å². The molecule has 6 heteroatoms. The fourth-order valence-corrected chi connectivity index (χ4v) is 1.73. The lowest BCUT2D eigenvalue weighted by molar-refractivity contribution is -0.143. The number of rotatable bonds is 4. The summed E-state index contributed by atoms with van der Waals surface area (Å²) in [5.74, 6) is -1.62. The standard InChI is InChI=1S/C11H11Cl2NO3/c1-14(10(15)5-11(16)17)6-7-2-3-8(12)4-9(7)13/h2-4H,5-6H2,1H3,(H,16,17). The van der Waals surface area contributed by atoms with Crippen molar-refractivity contribution in [3.63, 3.8) is 0 Å². The van der Waals surface area contributed by atoms with Crippen molar-refractivity contribution in [1.29, 1.82) is 0 Å². The van der Waals surface area contributed by atoms with Crippen molar-refractivity contribution in [2.75, 3.05) is 7.05 Å². The number of carboxylic acids is 1. The number of carbonyl (C=O) groups is 2. The maximum Gasteiger partial charge on any atom is 0.312 e. The van der Waals surface area contributed by atoms with Gasteiger partial charge in [0.25, 0.3) is 0 Å². The van der Waals surface area contributed by atoms with E-state index in [1.165, 1.54) is 11.9 Å². The molecule has 1 rings (SSSR count). The van der Waals surface area contributed by atoms with Gasteiger partial charge in [-0.15, -0.1) is 0 Å². The number of carbonyl (C=O) groups excluding carboxylic acids is 1. The number of halogens is 2. The van der Waals surface area contributed by atoms with E-state index in [0.29, 0.717) is 10.0 Å². The third-order valence-corrected chi connectivity index (χ3v) is 2.74. The minimum atomic E-state index is -1.15. The highest BCUT2D eigenvalue weighted by atomic mass is 35.5. The number of hydrogen-bond donors (Lipinski definition) is 1. The van der Waals surface area contributed by atoms with E-state index in [2.05, 4.69) is 0 Å². The number of benzene rings is 1. The molecule has 0 saturated heterocycles. The first-order valence-electron chi connectivity index (χ1n) is 4.80. The Morgan fingerprint density at radius 2 is 2.00 bits per heavy atom. The van der Waals surface area contributed by atoms with Crippen molar-refractivity contribution in [2.45, 2.75) is 13.0 Å². The van der Waals surface area contributed by atoms with Gasteiger partial charge < -0.3 is 10.0 Å². The van der Waals surface area contributed by atoms with Gasteiger partial charge in [-0.05, 0) is 17.7 Å². The third kappa shape index (κ3) is 4.24. The molecule has 0 saturated carbocycles. The van der Waals surface area contributed by atoms with Crippen molar-refractivity contribution in [3.8, 4) is 0 Å². The molecule has 0 atom stereocenters. The second-order valence-electron chi connectivity index (χ2n) is 3.56. The smallest absolute Gasteiger partial charge is 0.312 e. The summed E-state index contributed by atoms with van der Waals surface area (Å²) >= 11 is 11.7. The van der Waals surface area contributed by atoms with E-state index in [9.17, 15) is 9.59 Å². The van der Waals surface area contributed by atoms with Gasteiger partial charge in [-0.3, -0.25) is 9.59 Å². The zero-order valence-electron chi connectivity index (χ0n) is 9.11. The zero-order chi connectivity index (χ0) is 13.0. The molecule has 0 aliphatic carbocycles. The van der Waals surface area contributed by atoms with Crippen LogP contribution in [-0.2, 0) is 16.1 Å². The van der Waals surface area contributed by atoms with Crippen molar-refractivity contribution in [2.24, 2.45) is 0 Å². The van der Waals surface area contributed by atoms with Gasteiger partial charge in [-0.2, -0.15) is 0 Å². The molecule has 0 fully saturated rings. The molecule has 1 N–H and O–H groups in total. The fraction of sp³-hybridized carbons (Fsp3) is 0.273. The van der Waals surface area contributed by atoms with Crippen molar-refractivity contribution < 1.29 is 14.7 Å². The highest BCUT2D eigenvalue weighted by Gasteiger charge is 2.14. The third-order valence-electron chi connectivity index (χ3n) is 2.15. The summed E-state index contributed by atoms with van der Waals surface area (Å²) in [5, 5.41) is 9.46. The van der Waals surface area contributed by atoms with Crippen LogP contribution < -0.4 is 0 Å². The maximum atomic E-state index is 11.4. The minimum absolute atomic E-state index is 0.252. The predicted molar refractivity (Wildman–Crippen MR) is 65.2 cm³/mol. The molecular formula is C11H11Cl2NO3. The van der Waals surface area contributed by atoms with Crippen LogP contribution >= 0.6 is 23.2 Å². The summed E-state index contributed by atoms with van der Waals surface area (Å²) in [7, 11) is 1.52. The van der Waals surface area contributed by atoms with E-state index in [4.69, 9.17) is 28.3 Å². The molecule has 17 heavy (non-hydrogen) atoms. The number of aliphatic carboxylic acids is 1. The summed E-state index contributed by atoms with van der Waals surface area (Å²) in [5.41, 5.74) is 0.720. The van der Waals surface area contributed by atoms with Crippen molar-refractivity contribution in [3.05, 3.63) is 33.8 Å². The quantitative estimate of drug-likeness (QED) is 0.859. The van der Waals surface area contributed by atoms with Crippen LogP contribution in [0.3, 0.4) is 0 Å². The normalized spacial score (nSPS) is 10.1. The van der Waals surface area contributed by atoms with E-state index >= 15 is 0 Å². The van der Waals surface area contributed by atoms with Crippen LogP contribution in [0.5, 0.6) is 0 Å². The van der Waals surface area contributed by atoms with E-state index in [-0.39, 0.29) is 6.54 Å². The average Bonchev–Trinajstić information content (AvgIpc) is 2.21. The molecule has 1 amide bonds. The molecule has 0 aliphatic rings. The lowest BCUT2D eigenvalue weighted by Crippen LogP contribution is -2.28. The topological polar surface area (TPSA) is 57.6 Å². The number of carboxylic acid groups (broad SMARTS) is 1. The van der Waals surface area contributed by atoms with Crippen molar-refractivity contribution >= 4 is 35.1 Å². The molecule has 1 aromatic carbocycles. The molecule has 0 aromatic heterocycles. The van der Waals surface area contributed by atoms with Crippen LogP contribution in [0.2, 0.25) is 10.0 Å². The Balaban J connectivity index is 2.70. The van der Waals surface area contributed by atoms with Crippen LogP contribution in [-0.4, -0.2) is 28.9 Å². The molecule has 0 radical (unpaired) electrons. The van der Waals surface area contributed by atoms with Gasteiger partial charge >= 0.3 is 5.97 Å². The average molecular weight is 276 g/mol. The van der Waals surface area contributed by atoms with Gasteiger partial charge in [0.2, 0.25) is 5.91 Å². The first kappa shape index (κ1) is 13.8. The van der Waals surface area contributed by atoms with Gasteiger partial charge in [0.05, 0.1) is 0 Å². The Bertz CT molecular complexity index is 448. The van der Waals surface area contributed by atoms with Gasteiger partial charge in [-0.25, -0.2) is 0 Å². The molecule has 0 unspecified atom stereocenters. The second kappa shape index (κ2) is 5.89. The van der Waals surface area contributed by atoms with E-state index in [1.54, 1.807) is 18.2 Å². The predicted octanol–water partition coefficient (Wildman–Crippen LogP) is 2.43. The van der Waals surface area contributed by atoms with Gasteiger partial charge in [0, 0.05) is 23.6 Å². The molecular weight excluding hydrogens is 265 g/mol. The summed E-state index contributed by atoms with van der Waals surface area (Å²) in [6, 6.07) is 4.95. The monoisotopic (exact) mass is 275 g/mol. The maximum absolute atomic E-state index is 11.4. The highest BCUT2D eigenvalue weighted by molar-refractivity contribution is 6.35. The van der Waals surface area contributed by atoms with E-state index in [0.717, 1.165) is 5.56 Å². The van der Waals surface area contributed by atoms with E-state index in [1.807, 2.05) is 0 Å². The Hall–Kier alpha value is -1.26. The second-order valence-corrected chi connectivity index (χ2v) is 4.40. The molecule has 0 aliphatic heterocycles. The minimum Gasteiger partial charge on any atom is -0.481 e. The Morgan fingerprint density at radius 1 is 1.35 bits per heavy atom. The number of nitrogens with zero attached hydrogens (tertiary/aromatic N) is 1. The molecule has 4 nitrogen and oxygen atoms in total. The molecule has 0 heterocycles. The van der Waals surface area contributed by atoms with Gasteiger partial charge in [0.1, 0.15) is 6.42 Å². The zero-order valence-corrected chi connectivity index (χ0v) is 10.6. The lowest BCUT2D eigenvalue weighted by Gasteiger charge is -2.17. The fourth-order valence-electron chi connectivity index (χ4n) is 1.26. The first-order chi connectivity index (χ1) is 7.90. The summed E-state index contributed by atoms with van der Waals surface area (Å²) in [6.07, 6.45) is -0.526. The van der Waals surface area contributed by atoms with Crippen LogP contribution in [0.4, 0.5) is 0 Å². The van der Waals surface area contributed by atoms with Gasteiger partial charge in [0.15, 0.2) is 0 Å². The van der Waals surface area contributed by atoms with Crippen LogP contribution in [0.25, 0.3) is 0 Å². The SMILES string of the molecule is CN(Cc1ccc(Cl)cc1Cl)C(=O)CC(=O)O. The van der Waals surface area contributed by atoms with E-state index < -0.39 is 18.3 Å². The summed E-state index contributed by atoms with van der Waals surface area (Å²) < 4.78 is 0. The number of amides is 1. The van der Waals surface area contributed by atoms with Crippen LogP contribution in [0.1, 0.15) is 12.0 Å². The lowest BCUT2D eigenvalue weighted by atomic mass is 10.2. The molecule has 92 valence electrons.